The molecular formula is C12H15N3O3. The van der Waals surface area contributed by atoms with Crippen molar-refractivity contribution in [3.63, 3.8) is 0 Å². The molecule has 0 saturated heterocycles. The number of carbonyl (C=O) groups is 1. The third kappa shape index (κ3) is 3.04. The highest BCUT2D eigenvalue weighted by Crippen LogP contribution is 2.18. The molecule has 0 aromatic heterocycles. The van der Waals surface area contributed by atoms with Gasteiger partial charge in [0.05, 0.1) is 11.3 Å². The SMILES string of the molecule is NC1CC(NC(=O)Cc2cccc([N+](=O)[O-])c2)C1. The van der Waals surface area contributed by atoms with E-state index in [0.717, 1.165) is 12.8 Å². The molecule has 3 N–H and O–H groups in total. The highest BCUT2D eigenvalue weighted by atomic mass is 16.6. The molecule has 1 aliphatic carbocycles. The summed E-state index contributed by atoms with van der Waals surface area (Å²) in [6.45, 7) is 0. The lowest BCUT2D eigenvalue weighted by atomic mass is 9.87. The summed E-state index contributed by atoms with van der Waals surface area (Å²) in [6, 6.07) is 6.47. The van der Waals surface area contributed by atoms with Gasteiger partial charge in [0.1, 0.15) is 0 Å². The summed E-state index contributed by atoms with van der Waals surface area (Å²) < 4.78 is 0. The second-order valence-electron chi connectivity index (χ2n) is 4.60. The van der Waals surface area contributed by atoms with Crippen LogP contribution in [0.3, 0.4) is 0 Å². The topological polar surface area (TPSA) is 98.3 Å². The maximum atomic E-state index is 11.7. The molecule has 18 heavy (non-hydrogen) atoms. The summed E-state index contributed by atoms with van der Waals surface area (Å²) in [6.07, 6.45) is 1.77. The Kier molecular flexibility index (Phi) is 3.57. The van der Waals surface area contributed by atoms with Crippen LogP contribution in [0.5, 0.6) is 0 Å². The van der Waals surface area contributed by atoms with Crippen LogP contribution in [0.2, 0.25) is 0 Å². The maximum Gasteiger partial charge on any atom is 0.269 e. The fourth-order valence-electron chi connectivity index (χ4n) is 2.02. The molecule has 1 aromatic carbocycles. The van der Waals surface area contributed by atoms with Gasteiger partial charge in [0.15, 0.2) is 0 Å². The minimum atomic E-state index is -0.466. The highest BCUT2D eigenvalue weighted by Gasteiger charge is 2.27. The first-order valence-corrected chi connectivity index (χ1v) is 5.83. The summed E-state index contributed by atoms with van der Waals surface area (Å²) in [4.78, 5) is 21.8. The van der Waals surface area contributed by atoms with E-state index in [1.807, 2.05) is 0 Å². The molecule has 1 saturated carbocycles. The van der Waals surface area contributed by atoms with Gasteiger partial charge in [-0.25, -0.2) is 0 Å². The van der Waals surface area contributed by atoms with Gasteiger partial charge in [-0.05, 0) is 18.4 Å². The maximum absolute atomic E-state index is 11.7. The van der Waals surface area contributed by atoms with Gasteiger partial charge in [0.25, 0.3) is 5.69 Å². The predicted octanol–water partition coefficient (Wildman–Crippen LogP) is 0.743. The number of carbonyl (C=O) groups excluding carboxylic acids is 1. The van der Waals surface area contributed by atoms with E-state index >= 15 is 0 Å². The quantitative estimate of drug-likeness (QED) is 0.607. The Balaban J connectivity index is 1.90. The lowest BCUT2D eigenvalue weighted by molar-refractivity contribution is -0.384. The molecule has 6 heteroatoms. The van der Waals surface area contributed by atoms with E-state index in [9.17, 15) is 14.9 Å². The van der Waals surface area contributed by atoms with Gasteiger partial charge in [-0.2, -0.15) is 0 Å². The van der Waals surface area contributed by atoms with E-state index in [0.29, 0.717) is 5.56 Å². The van der Waals surface area contributed by atoms with E-state index in [1.54, 1.807) is 12.1 Å². The summed E-state index contributed by atoms with van der Waals surface area (Å²) in [5.74, 6) is -0.118. The number of nitro groups is 1. The normalized spacial score (nSPS) is 22.1. The summed E-state index contributed by atoms with van der Waals surface area (Å²) in [5, 5.41) is 13.5. The van der Waals surface area contributed by atoms with Crippen LogP contribution >= 0.6 is 0 Å². The van der Waals surface area contributed by atoms with Crippen molar-refractivity contribution < 1.29 is 9.72 Å². The molecule has 0 heterocycles. The van der Waals surface area contributed by atoms with Gasteiger partial charge >= 0.3 is 0 Å². The molecule has 1 aliphatic rings. The summed E-state index contributed by atoms with van der Waals surface area (Å²) in [7, 11) is 0. The van der Waals surface area contributed by atoms with E-state index < -0.39 is 4.92 Å². The van der Waals surface area contributed by atoms with Gasteiger partial charge in [-0.1, -0.05) is 12.1 Å². The summed E-state index contributed by atoms with van der Waals surface area (Å²) >= 11 is 0. The van der Waals surface area contributed by atoms with Crippen LogP contribution in [0.4, 0.5) is 5.69 Å². The van der Waals surface area contributed by atoms with Crippen LogP contribution in [0.1, 0.15) is 18.4 Å². The van der Waals surface area contributed by atoms with Gasteiger partial charge in [-0.15, -0.1) is 0 Å². The highest BCUT2D eigenvalue weighted by molar-refractivity contribution is 5.79. The molecule has 6 nitrogen and oxygen atoms in total. The fourth-order valence-corrected chi connectivity index (χ4v) is 2.02. The number of nitrogens with two attached hydrogens (primary N) is 1. The smallest absolute Gasteiger partial charge is 0.269 e. The van der Waals surface area contributed by atoms with Crippen LogP contribution in [0, 0.1) is 10.1 Å². The van der Waals surface area contributed by atoms with Crippen molar-refractivity contribution in [1.29, 1.82) is 0 Å². The standard InChI is InChI=1S/C12H15N3O3/c13-9-6-10(7-9)14-12(16)5-8-2-1-3-11(4-8)15(17)18/h1-4,9-10H,5-7,13H2,(H,14,16). The minimum absolute atomic E-state index is 0.00552. The molecule has 0 unspecified atom stereocenters. The number of benzene rings is 1. The zero-order chi connectivity index (χ0) is 13.1. The lowest BCUT2D eigenvalue weighted by Gasteiger charge is -2.32. The van der Waals surface area contributed by atoms with Crippen LogP contribution < -0.4 is 11.1 Å². The third-order valence-corrected chi connectivity index (χ3v) is 3.03. The van der Waals surface area contributed by atoms with Crippen molar-refractivity contribution in [2.45, 2.75) is 31.3 Å². The Bertz CT molecular complexity index is 469. The van der Waals surface area contributed by atoms with Crippen molar-refractivity contribution >= 4 is 11.6 Å². The molecule has 1 fully saturated rings. The first kappa shape index (κ1) is 12.5. The average molecular weight is 249 g/mol. The number of hydrogen-bond acceptors (Lipinski definition) is 4. The van der Waals surface area contributed by atoms with Crippen molar-refractivity contribution in [2.75, 3.05) is 0 Å². The average Bonchev–Trinajstić information content (AvgIpc) is 2.27. The Hall–Kier alpha value is -1.95. The van der Waals surface area contributed by atoms with Gasteiger partial charge in [-0.3, -0.25) is 14.9 Å². The van der Waals surface area contributed by atoms with E-state index in [-0.39, 0.29) is 30.1 Å². The van der Waals surface area contributed by atoms with Crippen molar-refractivity contribution in [3.05, 3.63) is 39.9 Å². The molecule has 0 atom stereocenters. The zero-order valence-corrected chi connectivity index (χ0v) is 9.83. The number of nitrogens with one attached hydrogen (secondary N) is 1. The van der Waals surface area contributed by atoms with Crippen molar-refractivity contribution in [1.82, 2.24) is 5.32 Å². The number of nitro benzene ring substituents is 1. The second-order valence-corrected chi connectivity index (χ2v) is 4.60. The Morgan fingerprint density at radius 3 is 2.83 bits per heavy atom. The summed E-state index contributed by atoms with van der Waals surface area (Å²) in [5.41, 5.74) is 6.27. The molecule has 1 aromatic rings. The first-order chi connectivity index (χ1) is 8.54. The Morgan fingerprint density at radius 1 is 1.50 bits per heavy atom. The molecular weight excluding hydrogens is 234 g/mol. The largest absolute Gasteiger partial charge is 0.353 e. The van der Waals surface area contributed by atoms with Gasteiger partial charge < -0.3 is 11.1 Å². The predicted molar refractivity (Wildman–Crippen MR) is 65.9 cm³/mol. The molecule has 0 radical (unpaired) electrons. The second kappa shape index (κ2) is 5.14. The van der Waals surface area contributed by atoms with E-state index in [2.05, 4.69) is 5.32 Å². The zero-order valence-electron chi connectivity index (χ0n) is 9.83. The Labute approximate surface area is 104 Å². The number of nitrogens with zero attached hydrogens (tertiary/aromatic N) is 1. The lowest BCUT2D eigenvalue weighted by Crippen LogP contribution is -2.50. The molecule has 0 aliphatic heterocycles. The number of hydrogen-bond donors (Lipinski definition) is 2. The van der Waals surface area contributed by atoms with Gasteiger partial charge in [0.2, 0.25) is 5.91 Å². The van der Waals surface area contributed by atoms with Crippen LogP contribution in [-0.2, 0) is 11.2 Å². The molecule has 0 spiro atoms. The van der Waals surface area contributed by atoms with Crippen LogP contribution in [0.25, 0.3) is 0 Å². The molecule has 0 bridgehead atoms. The van der Waals surface area contributed by atoms with E-state index in [4.69, 9.17) is 5.73 Å². The monoisotopic (exact) mass is 249 g/mol. The third-order valence-electron chi connectivity index (χ3n) is 3.03. The van der Waals surface area contributed by atoms with Crippen LogP contribution in [-0.4, -0.2) is 22.9 Å². The molecule has 1 amide bonds. The van der Waals surface area contributed by atoms with E-state index in [1.165, 1.54) is 12.1 Å². The first-order valence-electron chi connectivity index (χ1n) is 5.83. The molecule has 2 rings (SSSR count). The number of non-ortho nitro benzene ring substituents is 1. The Morgan fingerprint density at radius 2 is 2.22 bits per heavy atom. The van der Waals surface area contributed by atoms with Gasteiger partial charge in [0, 0.05) is 24.2 Å². The number of amides is 1. The van der Waals surface area contributed by atoms with Crippen molar-refractivity contribution in [3.8, 4) is 0 Å². The minimum Gasteiger partial charge on any atom is -0.353 e. The molecule has 96 valence electrons. The fraction of sp³-hybridized carbons (Fsp3) is 0.417. The van der Waals surface area contributed by atoms with Crippen LogP contribution in [0.15, 0.2) is 24.3 Å². The van der Waals surface area contributed by atoms with Crippen molar-refractivity contribution in [2.24, 2.45) is 5.73 Å². The number of rotatable bonds is 4.